The molecule has 0 aliphatic carbocycles. The lowest BCUT2D eigenvalue weighted by molar-refractivity contribution is 0.102. The molecule has 82 valence electrons. The van der Waals surface area contributed by atoms with E-state index in [0.717, 1.165) is 16.9 Å². The van der Waals surface area contributed by atoms with Crippen molar-refractivity contribution in [1.82, 2.24) is 10.2 Å². The van der Waals surface area contributed by atoms with E-state index in [1.165, 1.54) is 0 Å². The number of aryl methyl sites for hydroxylation is 2. The summed E-state index contributed by atoms with van der Waals surface area (Å²) < 4.78 is 0. The summed E-state index contributed by atoms with van der Waals surface area (Å²) in [6.07, 6.45) is 0. The Kier molecular flexibility index (Phi) is 2.72. The molecule has 2 rings (SSSR count). The molecule has 1 aromatic carbocycles. The Bertz CT molecular complexity index is 516. The molecule has 0 saturated carbocycles. The van der Waals surface area contributed by atoms with Crippen LogP contribution in [-0.2, 0) is 0 Å². The van der Waals surface area contributed by atoms with Crippen LogP contribution in [0.15, 0.2) is 30.3 Å². The fraction of sp³-hybridized carbons (Fsp3) is 0.167. The summed E-state index contributed by atoms with van der Waals surface area (Å²) in [6.45, 7) is 3.79. The third-order valence-corrected chi connectivity index (χ3v) is 2.34. The van der Waals surface area contributed by atoms with E-state index in [1.807, 2.05) is 38.1 Å². The zero-order chi connectivity index (χ0) is 11.5. The second-order valence-corrected chi connectivity index (χ2v) is 3.69. The van der Waals surface area contributed by atoms with Crippen molar-refractivity contribution >= 4 is 11.6 Å². The average molecular weight is 215 g/mol. The highest BCUT2D eigenvalue weighted by Gasteiger charge is 2.09. The van der Waals surface area contributed by atoms with Crippen molar-refractivity contribution in [2.75, 3.05) is 5.32 Å². The third kappa shape index (κ3) is 2.11. The molecule has 0 aliphatic heterocycles. The van der Waals surface area contributed by atoms with Crippen LogP contribution in [0.1, 0.15) is 21.7 Å². The molecule has 4 heteroatoms. The Labute approximate surface area is 93.7 Å². The molecule has 1 aromatic heterocycles. The lowest BCUT2D eigenvalue weighted by Gasteiger charge is -2.06. The van der Waals surface area contributed by atoms with Gasteiger partial charge in [-0.05, 0) is 31.5 Å². The number of aromatic nitrogens is 2. The molecule has 0 bridgehead atoms. The fourth-order valence-electron chi connectivity index (χ4n) is 1.44. The van der Waals surface area contributed by atoms with Crippen LogP contribution in [0.2, 0.25) is 0 Å². The second kappa shape index (κ2) is 4.18. The highest BCUT2D eigenvalue weighted by molar-refractivity contribution is 6.03. The van der Waals surface area contributed by atoms with Gasteiger partial charge in [-0.1, -0.05) is 18.2 Å². The second-order valence-electron chi connectivity index (χ2n) is 3.69. The predicted octanol–water partition coefficient (Wildman–Crippen LogP) is 2.28. The van der Waals surface area contributed by atoms with E-state index < -0.39 is 0 Å². The number of hydrogen-bond acceptors (Lipinski definition) is 2. The molecule has 0 atom stereocenters. The molecular weight excluding hydrogens is 202 g/mol. The lowest BCUT2D eigenvalue weighted by atomic mass is 10.2. The number of rotatable bonds is 2. The standard InChI is InChI=1S/C12H13N3O/c1-8-5-3-4-6-10(8)13-12(16)11-7-9(2)14-15-11/h3-7H,1-2H3,(H,13,16)(H,14,15). The molecule has 2 N–H and O–H groups in total. The minimum Gasteiger partial charge on any atom is -0.320 e. The summed E-state index contributed by atoms with van der Waals surface area (Å²) in [5.41, 5.74) is 3.13. The Morgan fingerprint density at radius 3 is 2.69 bits per heavy atom. The summed E-state index contributed by atoms with van der Waals surface area (Å²) in [6, 6.07) is 9.37. The first kappa shape index (κ1) is 10.4. The van der Waals surface area contributed by atoms with E-state index in [0.29, 0.717) is 5.69 Å². The van der Waals surface area contributed by atoms with Crippen LogP contribution in [0.5, 0.6) is 0 Å². The smallest absolute Gasteiger partial charge is 0.273 e. The molecule has 2 aromatic rings. The maximum Gasteiger partial charge on any atom is 0.273 e. The van der Waals surface area contributed by atoms with E-state index in [4.69, 9.17) is 0 Å². The minimum atomic E-state index is -0.171. The van der Waals surface area contributed by atoms with Crippen LogP contribution in [0.3, 0.4) is 0 Å². The topological polar surface area (TPSA) is 57.8 Å². The van der Waals surface area contributed by atoms with Crippen molar-refractivity contribution in [3.8, 4) is 0 Å². The number of carbonyl (C=O) groups is 1. The molecule has 1 heterocycles. The molecule has 0 unspecified atom stereocenters. The van der Waals surface area contributed by atoms with E-state index >= 15 is 0 Å². The monoisotopic (exact) mass is 215 g/mol. The molecule has 0 aliphatic rings. The van der Waals surface area contributed by atoms with Gasteiger partial charge in [-0.15, -0.1) is 0 Å². The molecule has 0 spiro atoms. The van der Waals surface area contributed by atoms with Gasteiger partial charge in [0.1, 0.15) is 5.69 Å². The molecule has 1 amide bonds. The first-order chi connectivity index (χ1) is 7.66. The summed E-state index contributed by atoms with van der Waals surface area (Å²) in [7, 11) is 0. The van der Waals surface area contributed by atoms with Gasteiger partial charge in [-0.2, -0.15) is 5.10 Å². The van der Waals surface area contributed by atoms with Crippen LogP contribution in [0.25, 0.3) is 0 Å². The fourth-order valence-corrected chi connectivity index (χ4v) is 1.44. The molecule has 0 fully saturated rings. The first-order valence-electron chi connectivity index (χ1n) is 5.06. The number of nitrogens with one attached hydrogen (secondary N) is 2. The van der Waals surface area contributed by atoms with Crippen LogP contribution in [0, 0.1) is 13.8 Å². The normalized spacial score (nSPS) is 10.1. The average Bonchev–Trinajstić information content (AvgIpc) is 2.68. The van der Waals surface area contributed by atoms with E-state index in [2.05, 4.69) is 15.5 Å². The highest BCUT2D eigenvalue weighted by Crippen LogP contribution is 2.14. The largest absolute Gasteiger partial charge is 0.320 e. The summed E-state index contributed by atoms with van der Waals surface area (Å²) in [5.74, 6) is -0.171. The summed E-state index contributed by atoms with van der Waals surface area (Å²) in [4.78, 5) is 11.8. The van der Waals surface area contributed by atoms with Gasteiger partial charge in [0.25, 0.3) is 5.91 Å². The summed E-state index contributed by atoms with van der Waals surface area (Å²) >= 11 is 0. The SMILES string of the molecule is Cc1cc(C(=O)Nc2ccccc2C)[nH]n1. The third-order valence-electron chi connectivity index (χ3n) is 2.34. The zero-order valence-electron chi connectivity index (χ0n) is 9.24. The number of nitrogens with zero attached hydrogens (tertiary/aromatic N) is 1. The number of carbonyl (C=O) groups excluding carboxylic acids is 1. The number of amides is 1. The van der Waals surface area contributed by atoms with Gasteiger partial charge >= 0.3 is 0 Å². The first-order valence-corrected chi connectivity index (χ1v) is 5.06. The molecule has 0 radical (unpaired) electrons. The van der Waals surface area contributed by atoms with E-state index in [9.17, 15) is 4.79 Å². The summed E-state index contributed by atoms with van der Waals surface area (Å²) in [5, 5.41) is 9.43. The van der Waals surface area contributed by atoms with Crippen molar-refractivity contribution in [3.63, 3.8) is 0 Å². The molecular formula is C12H13N3O. The van der Waals surface area contributed by atoms with Crippen molar-refractivity contribution < 1.29 is 4.79 Å². The van der Waals surface area contributed by atoms with Crippen molar-refractivity contribution in [3.05, 3.63) is 47.3 Å². The predicted molar refractivity (Wildman–Crippen MR) is 62.5 cm³/mol. The number of aromatic amines is 1. The van der Waals surface area contributed by atoms with E-state index in [-0.39, 0.29) is 5.91 Å². The Hall–Kier alpha value is -2.10. The van der Waals surface area contributed by atoms with Gasteiger partial charge in [0.05, 0.1) is 5.69 Å². The molecule has 0 saturated heterocycles. The molecule has 4 nitrogen and oxygen atoms in total. The van der Waals surface area contributed by atoms with Crippen molar-refractivity contribution in [1.29, 1.82) is 0 Å². The van der Waals surface area contributed by atoms with Crippen LogP contribution in [-0.4, -0.2) is 16.1 Å². The highest BCUT2D eigenvalue weighted by atomic mass is 16.1. The zero-order valence-corrected chi connectivity index (χ0v) is 9.24. The van der Waals surface area contributed by atoms with Gasteiger partial charge in [-0.25, -0.2) is 0 Å². The van der Waals surface area contributed by atoms with Crippen molar-refractivity contribution in [2.45, 2.75) is 13.8 Å². The molecule has 16 heavy (non-hydrogen) atoms. The Morgan fingerprint density at radius 1 is 1.31 bits per heavy atom. The maximum atomic E-state index is 11.8. The lowest BCUT2D eigenvalue weighted by Crippen LogP contribution is -2.13. The van der Waals surface area contributed by atoms with Gasteiger partial charge < -0.3 is 5.32 Å². The minimum absolute atomic E-state index is 0.171. The van der Waals surface area contributed by atoms with Gasteiger partial charge in [0.15, 0.2) is 0 Å². The number of anilines is 1. The maximum absolute atomic E-state index is 11.8. The Balaban J connectivity index is 2.17. The van der Waals surface area contributed by atoms with Crippen LogP contribution >= 0.6 is 0 Å². The number of benzene rings is 1. The van der Waals surface area contributed by atoms with Crippen LogP contribution < -0.4 is 5.32 Å². The van der Waals surface area contributed by atoms with Crippen molar-refractivity contribution in [2.24, 2.45) is 0 Å². The Morgan fingerprint density at radius 2 is 2.06 bits per heavy atom. The van der Waals surface area contributed by atoms with E-state index in [1.54, 1.807) is 6.07 Å². The van der Waals surface area contributed by atoms with Crippen LogP contribution in [0.4, 0.5) is 5.69 Å². The van der Waals surface area contributed by atoms with Gasteiger partial charge in [-0.3, -0.25) is 9.89 Å². The van der Waals surface area contributed by atoms with Gasteiger partial charge in [0, 0.05) is 5.69 Å². The quantitative estimate of drug-likeness (QED) is 0.807. The number of H-pyrrole nitrogens is 1. The van der Waals surface area contributed by atoms with Gasteiger partial charge in [0.2, 0.25) is 0 Å². The number of hydrogen-bond donors (Lipinski definition) is 2. The number of para-hydroxylation sites is 1.